The van der Waals surface area contributed by atoms with Crippen LogP contribution in [0, 0.1) is 0 Å². The Bertz CT molecular complexity index is 1220. The van der Waals surface area contributed by atoms with Crippen LogP contribution in [0.3, 0.4) is 0 Å². The summed E-state index contributed by atoms with van der Waals surface area (Å²) < 4.78 is 17.5. The van der Waals surface area contributed by atoms with Crippen LogP contribution in [0.2, 0.25) is 0 Å². The van der Waals surface area contributed by atoms with E-state index in [1.807, 2.05) is 26.0 Å². The third-order valence-electron chi connectivity index (χ3n) is 4.97. The van der Waals surface area contributed by atoms with E-state index in [1.54, 1.807) is 30.5 Å². The zero-order valence-corrected chi connectivity index (χ0v) is 19.9. The standard InChI is InChI=1S/C23H24BrN3O5/c1-5-14(2)22-26-18-8-7-16(24)11-17(18)23(29)27(22)25-12-15-6-9-19(20(10-15)30-3)32-13-21(28)31-4/h6-12,14H,5,13H2,1-4H3/t14-/m0/s1. The smallest absolute Gasteiger partial charge is 0.343 e. The van der Waals surface area contributed by atoms with Gasteiger partial charge in [-0.3, -0.25) is 4.79 Å². The Morgan fingerprint density at radius 3 is 2.69 bits per heavy atom. The maximum absolute atomic E-state index is 13.2. The molecule has 0 aliphatic heterocycles. The number of fused-ring (bicyclic) bond motifs is 1. The molecular formula is C23H24BrN3O5. The van der Waals surface area contributed by atoms with E-state index in [2.05, 4.69) is 25.8 Å². The van der Waals surface area contributed by atoms with Gasteiger partial charge in [0, 0.05) is 10.4 Å². The lowest BCUT2D eigenvalue weighted by molar-refractivity contribution is -0.142. The molecule has 1 heterocycles. The minimum Gasteiger partial charge on any atom is -0.493 e. The van der Waals surface area contributed by atoms with Gasteiger partial charge in [-0.2, -0.15) is 9.78 Å². The Morgan fingerprint density at radius 1 is 1.22 bits per heavy atom. The fourth-order valence-electron chi connectivity index (χ4n) is 2.98. The Labute approximate surface area is 194 Å². The Morgan fingerprint density at radius 2 is 2.00 bits per heavy atom. The summed E-state index contributed by atoms with van der Waals surface area (Å²) in [6.07, 6.45) is 2.37. The monoisotopic (exact) mass is 501 g/mol. The molecular weight excluding hydrogens is 478 g/mol. The first-order valence-electron chi connectivity index (χ1n) is 10.0. The Hall–Kier alpha value is -3.20. The Balaban J connectivity index is 2.01. The second kappa shape index (κ2) is 10.4. The summed E-state index contributed by atoms with van der Waals surface area (Å²) in [5.74, 6) is 0.952. The van der Waals surface area contributed by atoms with Gasteiger partial charge >= 0.3 is 5.97 Å². The third-order valence-corrected chi connectivity index (χ3v) is 5.46. The minimum absolute atomic E-state index is 0.0385. The fraction of sp³-hybridized carbons (Fsp3) is 0.304. The van der Waals surface area contributed by atoms with Crippen LogP contribution in [-0.4, -0.2) is 42.7 Å². The van der Waals surface area contributed by atoms with Gasteiger partial charge in [-0.25, -0.2) is 9.78 Å². The number of methoxy groups -OCH3 is 2. The molecule has 0 saturated carbocycles. The van der Waals surface area contributed by atoms with E-state index in [1.165, 1.54) is 18.9 Å². The Kier molecular flexibility index (Phi) is 7.63. The number of carbonyl (C=O) groups is 1. The average molecular weight is 502 g/mol. The number of benzene rings is 2. The zero-order chi connectivity index (χ0) is 23.3. The van der Waals surface area contributed by atoms with Gasteiger partial charge in [0.05, 0.1) is 31.3 Å². The quantitative estimate of drug-likeness (QED) is 0.340. The van der Waals surface area contributed by atoms with Gasteiger partial charge in [0.2, 0.25) is 0 Å². The summed E-state index contributed by atoms with van der Waals surface area (Å²) in [5, 5.41) is 4.93. The third kappa shape index (κ3) is 5.16. The number of esters is 1. The van der Waals surface area contributed by atoms with E-state index >= 15 is 0 Å². The molecule has 0 aliphatic carbocycles. The number of carbonyl (C=O) groups excluding carboxylic acids is 1. The number of hydrogen-bond donors (Lipinski definition) is 0. The highest BCUT2D eigenvalue weighted by molar-refractivity contribution is 9.10. The van der Waals surface area contributed by atoms with Crippen LogP contribution in [0.25, 0.3) is 10.9 Å². The van der Waals surface area contributed by atoms with E-state index in [0.717, 1.165) is 10.9 Å². The van der Waals surface area contributed by atoms with E-state index in [9.17, 15) is 9.59 Å². The second-order valence-corrected chi connectivity index (χ2v) is 7.99. The number of halogens is 1. The number of rotatable bonds is 8. The van der Waals surface area contributed by atoms with Crippen molar-refractivity contribution in [3.8, 4) is 11.5 Å². The first-order chi connectivity index (χ1) is 15.4. The molecule has 9 heteroatoms. The molecule has 0 saturated heterocycles. The van der Waals surface area contributed by atoms with Crippen molar-refractivity contribution in [3.05, 3.63) is 62.6 Å². The van der Waals surface area contributed by atoms with Crippen LogP contribution in [0.15, 0.2) is 50.8 Å². The van der Waals surface area contributed by atoms with Crippen LogP contribution in [0.4, 0.5) is 0 Å². The molecule has 0 N–H and O–H groups in total. The maximum Gasteiger partial charge on any atom is 0.343 e. The van der Waals surface area contributed by atoms with Crippen LogP contribution >= 0.6 is 15.9 Å². The van der Waals surface area contributed by atoms with Gasteiger partial charge in [-0.05, 0) is 48.4 Å². The van der Waals surface area contributed by atoms with Gasteiger partial charge in [-0.1, -0.05) is 29.8 Å². The molecule has 1 atom stereocenters. The van der Waals surface area contributed by atoms with Crippen LogP contribution in [0.1, 0.15) is 37.6 Å². The molecule has 1 aromatic heterocycles. The molecule has 8 nitrogen and oxygen atoms in total. The maximum atomic E-state index is 13.2. The molecule has 32 heavy (non-hydrogen) atoms. The number of aromatic nitrogens is 2. The molecule has 0 radical (unpaired) electrons. The molecule has 0 spiro atoms. The van der Waals surface area contributed by atoms with Crippen LogP contribution < -0.4 is 15.0 Å². The zero-order valence-electron chi connectivity index (χ0n) is 18.3. The summed E-state index contributed by atoms with van der Waals surface area (Å²) in [5.41, 5.74) is 1.07. The molecule has 0 amide bonds. The molecule has 168 valence electrons. The summed E-state index contributed by atoms with van der Waals surface area (Å²) in [4.78, 5) is 29.2. The number of nitrogens with zero attached hydrogens (tertiary/aromatic N) is 3. The predicted molar refractivity (Wildman–Crippen MR) is 126 cm³/mol. The topological polar surface area (TPSA) is 92.0 Å². The summed E-state index contributed by atoms with van der Waals surface area (Å²) in [6, 6.07) is 10.5. The van der Waals surface area contributed by atoms with Gasteiger partial charge in [0.25, 0.3) is 5.56 Å². The summed E-state index contributed by atoms with van der Waals surface area (Å²) in [6.45, 7) is 3.82. The minimum atomic E-state index is -0.495. The number of ether oxygens (including phenoxy) is 3. The van der Waals surface area contributed by atoms with Crippen molar-refractivity contribution in [3.63, 3.8) is 0 Å². The van der Waals surface area contributed by atoms with Crippen molar-refractivity contribution in [2.24, 2.45) is 5.10 Å². The van der Waals surface area contributed by atoms with Crippen molar-refractivity contribution in [1.82, 2.24) is 9.66 Å². The van der Waals surface area contributed by atoms with Crippen LogP contribution in [0.5, 0.6) is 11.5 Å². The van der Waals surface area contributed by atoms with E-state index in [4.69, 9.17) is 14.5 Å². The normalized spacial score (nSPS) is 12.2. The van der Waals surface area contributed by atoms with Crippen molar-refractivity contribution in [2.75, 3.05) is 20.8 Å². The van der Waals surface area contributed by atoms with Crippen molar-refractivity contribution < 1.29 is 19.0 Å². The largest absolute Gasteiger partial charge is 0.493 e. The van der Waals surface area contributed by atoms with Crippen molar-refractivity contribution >= 4 is 39.0 Å². The molecule has 2 aromatic carbocycles. The fourth-order valence-corrected chi connectivity index (χ4v) is 3.34. The van der Waals surface area contributed by atoms with Crippen LogP contribution in [-0.2, 0) is 9.53 Å². The summed E-state index contributed by atoms with van der Waals surface area (Å²) in [7, 11) is 2.79. The lowest BCUT2D eigenvalue weighted by Crippen LogP contribution is -2.23. The number of hydrogen-bond acceptors (Lipinski definition) is 7. The lowest BCUT2D eigenvalue weighted by Gasteiger charge is -2.14. The highest BCUT2D eigenvalue weighted by Gasteiger charge is 2.16. The molecule has 0 fully saturated rings. The molecule has 3 rings (SSSR count). The van der Waals surface area contributed by atoms with E-state index in [0.29, 0.717) is 33.8 Å². The predicted octanol–water partition coefficient (Wildman–Crippen LogP) is 4.12. The van der Waals surface area contributed by atoms with Gasteiger partial charge < -0.3 is 14.2 Å². The highest BCUT2D eigenvalue weighted by atomic mass is 79.9. The first kappa shape index (κ1) is 23.5. The SMILES string of the molecule is CC[C@H](C)c1nc2ccc(Br)cc2c(=O)n1N=Cc1ccc(OCC(=O)OC)c(OC)c1. The van der Waals surface area contributed by atoms with E-state index in [-0.39, 0.29) is 18.1 Å². The second-order valence-electron chi connectivity index (χ2n) is 7.08. The first-order valence-corrected chi connectivity index (χ1v) is 10.8. The highest BCUT2D eigenvalue weighted by Crippen LogP contribution is 2.28. The van der Waals surface area contributed by atoms with E-state index < -0.39 is 5.97 Å². The summed E-state index contributed by atoms with van der Waals surface area (Å²) >= 11 is 3.41. The van der Waals surface area contributed by atoms with Gasteiger partial charge in [0.1, 0.15) is 5.82 Å². The molecule has 0 bridgehead atoms. The van der Waals surface area contributed by atoms with Gasteiger partial charge in [-0.15, -0.1) is 0 Å². The average Bonchev–Trinajstić information content (AvgIpc) is 2.81. The molecule has 0 unspecified atom stereocenters. The lowest BCUT2D eigenvalue weighted by atomic mass is 10.1. The van der Waals surface area contributed by atoms with Gasteiger partial charge in [0.15, 0.2) is 18.1 Å². The molecule has 3 aromatic rings. The van der Waals surface area contributed by atoms with Crippen molar-refractivity contribution in [2.45, 2.75) is 26.2 Å². The molecule has 0 aliphatic rings. The van der Waals surface area contributed by atoms with Crippen molar-refractivity contribution in [1.29, 1.82) is 0 Å².